The molecule has 0 aliphatic heterocycles. The van der Waals surface area contributed by atoms with Crippen LogP contribution < -0.4 is 5.73 Å². The van der Waals surface area contributed by atoms with Crippen molar-refractivity contribution in [2.45, 2.75) is 19.4 Å². The number of nitrogens with two attached hydrogens (primary N) is 1. The van der Waals surface area contributed by atoms with Crippen molar-refractivity contribution in [1.82, 2.24) is 4.98 Å². The van der Waals surface area contributed by atoms with Gasteiger partial charge in [-0.15, -0.1) is 0 Å². The second-order valence-corrected chi connectivity index (χ2v) is 4.88. The largest absolute Gasteiger partial charge is 0.322 e. The molecule has 0 amide bonds. The summed E-state index contributed by atoms with van der Waals surface area (Å²) in [7, 11) is 0. The molecule has 1 aromatic rings. The van der Waals surface area contributed by atoms with E-state index >= 15 is 0 Å². The Labute approximate surface area is 88.8 Å². The molecule has 0 aliphatic carbocycles. The quantitative estimate of drug-likeness (QED) is 0.809. The van der Waals surface area contributed by atoms with E-state index in [0.29, 0.717) is 0 Å². The van der Waals surface area contributed by atoms with Gasteiger partial charge in [0.25, 0.3) is 0 Å². The molecule has 1 heterocycles. The molecule has 0 radical (unpaired) electrons. The van der Waals surface area contributed by atoms with E-state index in [0.717, 1.165) is 14.6 Å². The summed E-state index contributed by atoms with van der Waals surface area (Å²) >= 11 is 6.70. The van der Waals surface area contributed by atoms with Crippen LogP contribution in [0.5, 0.6) is 0 Å². The highest BCUT2D eigenvalue weighted by Gasteiger charge is 2.17. The number of hydrogen-bond acceptors (Lipinski definition) is 2. The zero-order valence-corrected chi connectivity index (χ0v) is 10.1. The summed E-state index contributed by atoms with van der Waals surface area (Å²) in [5, 5.41) is 0. The number of aromatic nitrogens is 1. The highest BCUT2D eigenvalue weighted by Crippen LogP contribution is 2.27. The van der Waals surface area contributed by atoms with Gasteiger partial charge >= 0.3 is 0 Å². The molecule has 1 rings (SSSR count). The third-order valence-corrected chi connectivity index (χ3v) is 2.58. The van der Waals surface area contributed by atoms with Gasteiger partial charge in [-0.05, 0) is 57.3 Å². The maximum Gasteiger partial charge on any atom is 0.106 e. The van der Waals surface area contributed by atoms with Crippen LogP contribution in [0.15, 0.2) is 21.3 Å². The summed E-state index contributed by atoms with van der Waals surface area (Å²) in [6.45, 7) is 3.92. The number of pyridine rings is 1. The lowest BCUT2D eigenvalue weighted by Gasteiger charge is -2.20. The Hall–Kier alpha value is 0.0700. The molecule has 12 heavy (non-hydrogen) atoms. The third-order valence-electron chi connectivity index (χ3n) is 1.52. The van der Waals surface area contributed by atoms with Crippen LogP contribution in [0.1, 0.15) is 19.4 Å². The molecule has 0 bridgehead atoms. The van der Waals surface area contributed by atoms with Crippen molar-refractivity contribution in [3.8, 4) is 0 Å². The van der Waals surface area contributed by atoms with Gasteiger partial charge in [-0.3, -0.25) is 0 Å². The SMILES string of the molecule is CC(C)(N)c1cc(Br)ncc1Br. The molecule has 0 saturated carbocycles. The van der Waals surface area contributed by atoms with E-state index in [1.54, 1.807) is 6.20 Å². The first kappa shape index (κ1) is 10.2. The first-order valence-corrected chi connectivity index (χ1v) is 5.10. The number of halogens is 2. The van der Waals surface area contributed by atoms with Crippen molar-refractivity contribution in [3.63, 3.8) is 0 Å². The molecule has 2 N–H and O–H groups in total. The Morgan fingerprint density at radius 1 is 1.42 bits per heavy atom. The van der Waals surface area contributed by atoms with Gasteiger partial charge in [0.05, 0.1) is 0 Å². The summed E-state index contributed by atoms with van der Waals surface area (Å²) in [5.74, 6) is 0. The molecule has 66 valence electrons. The van der Waals surface area contributed by atoms with Gasteiger partial charge in [0.15, 0.2) is 0 Å². The van der Waals surface area contributed by atoms with Gasteiger partial charge in [0, 0.05) is 16.2 Å². The van der Waals surface area contributed by atoms with E-state index in [1.165, 1.54) is 0 Å². The monoisotopic (exact) mass is 292 g/mol. The fourth-order valence-electron chi connectivity index (χ4n) is 0.907. The Kier molecular flexibility index (Phi) is 2.91. The molecule has 0 spiro atoms. The normalized spacial score (nSPS) is 11.8. The molecule has 2 nitrogen and oxygen atoms in total. The molecule has 0 aromatic carbocycles. The number of nitrogens with zero attached hydrogens (tertiary/aromatic N) is 1. The minimum Gasteiger partial charge on any atom is -0.322 e. The minimum atomic E-state index is -0.343. The van der Waals surface area contributed by atoms with E-state index < -0.39 is 0 Å². The molecule has 0 unspecified atom stereocenters. The maximum atomic E-state index is 5.95. The second-order valence-electron chi connectivity index (χ2n) is 3.21. The van der Waals surface area contributed by atoms with Crippen molar-refractivity contribution >= 4 is 31.9 Å². The van der Waals surface area contributed by atoms with Gasteiger partial charge < -0.3 is 5.73 Å². The van der Waals surface area contributed by atoms with Crippen molar-refractivity contribution < 1.29 is 0 Å². The van der Waals surface area contributed by atoms with Crippen LogP contribution in [-0.2, 0) is 5.54 Å². The Balaban J connectivity index is 3.23. The topological polar surface area (TPSA) is 38.9 Å². The summed E-state index contributed by atoms with van der Waals surface area (Å²) in [5.41, 5.74) is 6.65. The van der Waals surface area contributed by atoms with Crippen molar-refractivity contribution in [1.29, 1.82) is 0 Å². The zero-order chi connectivity index (χ0) is 9.35. The average Bonchev–Trinajstić information content (AvgIpc) is 1.92. The first-order valence-electron chi connectivity index (χ1n) is 3.51. The molecule has 4 heteroatoms. The van der Waals surface area contributed by atoms with Crippen LogP contribution in [0.3, 0.4) is 0 Å². The molecular weight excluding hydrogens is 284 g/mol. The predicted molar refractivity (Wildman–Crippen MR) is 56.9 cm³/mol. The lowest BCUT2D eigenvalue weighted by molar-refractivity contribution is 0.550. The Morgan fingerprint density at radius 3 is 2.42 bits per heavy atom. The summed E-state index contributed by atoms with van der Waals surface area (Å²) < 4.78 is 1.75. The molecule has 0 saturated heterocycles. The van der Waals surface area contributed by atoms with E-state index in [1.807, 2.05) is 19.9 Å². The summed E-state index contributed by atoms with van der Waals surface area (Å²) in [4.78, 5) is 4.07. The van der Waals surface area contributed by atoms with Crippen LogP contribution in [-0.4, -0.2) is 4.98 Å². The van der Waals surface area contributed by atoms with Crippen LogP contribution in [0.2, 0.25) is 0 Å². The van der Waals surface area contributed by atoms with Crippen LogP contribution in [0.4, 0.5) is 0 Å². The molecular formula is C8H10Br2N2. The van der Waals surface area contributed by atoms with Crippen molar-refractivity contribution in [2.24, 2.45) is 5.73 Å². The highest BCUT2D eigenvalue weighted by atomic mass is 79.9. The van der Waals surface area contributed by atoms with Gasteiger partial charge in [0.1, 0.15) is 4.60 Å². The first-order chi connectivity index (χ1) is 5.41. The van der Waals surface area contributed by atoms with Crippen LogP contribution >= 0.6 is 31.9 Å². The van der Waals surface area contributed by atoms with E-state index in [2.05, 4.69) is 36.8 Å². The molecule has 0 aliphatic rings. The fraction of sp³-hybridized carbons (Fsp3) is 0.375. The maximum absolute atomic E-state index is 5.95. The average molecular weight is 294 g/mol. The summed E-state index contributed by atoms with van der Waals surface area (Å²) in [6, 6.07) is 1.92. The van der Waals surface area contributed by atoms with Crippen molar-refractivity contribution in [2.75, 3.05) is 0 Å². The number of hydrogen-bond donors (Lipinski definition) is 1. The lowest BCUT2D eigenvalue weighted by Crippen LogP contribution is -2.29. The highest BCUT2D eigenvalue weighted by molar-refractivity contribution is 9.11. The van der Waals surface area contributed by atoms with Gasteiger partial charge in [-0.2, -0.15) is 0 Å². The smallest absolute Gasteiger partial charge is 0.106 e. The molecule has 0 fully saturated rings. The number of rotatable bonds is 1. The van der Waals surface area contributed by atoms with Gasteiger partial charge in [0.2, 0.25) is 0 Å². The van der Waals surface area contributed by atoms with Crippen LogP contribution in [0, 0.1) is 0 Å². The third kappa shape index (κ3) is 2.28. The summed E-state index contributed by atoms with van der Waals surface area (Å²) in [6.07, 6.45) is 1.74. The second kappa shape index (κ2) is 3.44. The Morgan fingerprint density at radius 2 is 2.00 bits per heavy atom. The molecule has 0 atom stereocenters. The van der Waals surface area contributed by atoms with E-state index in [4.69, 9.17) is 5.73 Å². The Bertz CT molecular complexity index is 292. The minimum absolute atomic E-state index is 0.343. The zero-order valence-electron chi connectivity index (χ0n) is 6.94. The fourth-order valence-corrected chi connectivity index (χ4v) is 1.97. The van der Waals surface area contributed by atoms with E-state index in [-0.39, 0.29) is 5.54 Å². The van der Waals surface area contributed by atoms with Crippen molar-refractivity contribution in [3.05, 3.63) is 26.9 Å². The van der Waals surface area contributed by atoms with Gasteiger partial charge in [-0.25, -0.2) is 4.98 Å². The van der Waals surface area contributed by atoms with Crippen LogP contribution in [0.25, 0.3) is 0 Å². The standard InChI is InChI=1S/C8H10Br2N2/c1-8(2,11)5-3-7(10)12-4-6(5)9/h3-4H,11H2,1-2H3. The molecule has 1 aromatic heterocycles. The van der Waals surface area contributed by atoms with Gasteiger partial charge in [-0.1, -0.05) is 0 Å². The predicted octanol–water partition coefficient (Wildman–Crippen LogP) is 2.80. The lowest BCUT2D eigenvalue weighted by atomic mass is 9.97. The van der Waals surface area contributed by atoms with E-state index in [9.17, 15) is 0 Å².